The zero-order valence-electron chi connectivity index (χ0n) is 17.8. The van der Waals surface area contributed by atoms with Crippen molar-refractivity contribution >= 4 is 23.6 Å². The minimum absolute atomic E-state index is 0.0158. The van der Waals surface area contributed by atoms with E-state index in [-0.39, 0.29) is 26.2 Å². The Labute approximate surface area is 181 Å². The third kappa shape index (κ3) is 8.47. The van der Waals surface area contributed by atoms with Gasteiger partial charge < -0.3 is 24.8 Å². The van der Waals surface area contributed by atoms with Crippen LogP contribution < -0.4 is 10.6 Å². The molecular weight excluding hydrogens is 404 g/mol. The van der Waals surface area contributed by atoms with Crippen LogP contribution in [-0.2, 0) is 35.2 Å². The molecule has 0 radical (unpaired) electrons. The van der Waals surface area contributed by atoms with E-state index in [2.05, 4.69) is 10.6 Å². The summed E-state index contributed by atoms with van der Waals surface area (Å²) >= 11 is 0. The quantitative estimate of drug-likeness (QED) is 0.509. The van der Waals surface area contributed by atoms with Gasteiger partial charge in [-0.05, 0) is 37.8 Å². The van der Waals surface area contributed by atoms with E-state index in [1.165, 1.54) is 0 Å². The maximum Gasteiger partial charge on any atom is 0.307 e. The molecule has 0 unspecified atom stereocenters. The van der Waals surface area contributed by atoms with Crippen LogP contribution in [0.2, 0.25) is 0 Å². The molecule has 170 valence electrons. The number of ether oxygens (including phenoxy) is 3. The van der Waals surface area contributed by atoms with Crippen LogP contribution in [0.3, 0.4) is 0 Å². The summed E-state index contributed by atoms with van der Waals surface area (Å²) < 4.78 is 15.9. The van der Waals surface area contributed by atoms with Gasteiger partial charge in [0.2, 0.25) is 5.78 Å². The van der Waals surface area contributed by atoms with E-state index < -0.39 is 29.6 Å². The van der Waals surface area contributed by atoms with Crippen molar-refractivity contribution in [1.29, 1.82) is 0 Å². The van der Waals surface area contributed by atoms with Crippen LogP contribution in [0.4, 0.5) is 0 Å². The second-order valence-electron chi connectivity index (χ2n) is 7.02. The lowest BCUT2D eigenvalue weighted by Gasteiger charge is -2.19. The van der Waals surface area contributed by atoms with Crippen LogP contribution in [-0.4, -0.2) is 62.6 Å². The largest absolute Gasteiger partial charge is 0.466 e. The van der Waals surface area contributed by atoms with E-state index in [9.17, 15) is 19.2 Å². The van der Waals surface area contributed by atoms with Crippen LogP contribution in [0.5, 0.6) is 0 Å². The van der Waals surface area contributed by atoms with Gasteiger partial charge in [0.1, 0.15) is 0 Å². The number of benzene rings is 1. The fourth-order valence-corrected chi connectivity index (χ4v) is 3.08. The van der Waals surface area contributed by atoms with Crippen molar-refractivity contribution in [3.05, 3.63) is 35.4 Å². The molecule has 1 heterocycles. The van der Waals surface area contributed by atoms with Crippen LogP contribution >= 0.6 is 0 Å². The van der Waals surface area contributed by atoms with Gasteiger partial charge in [0.15, 0.2) is 0 Å². The average molecular weight is 434 g/mol. The number of hydrogen-bond acceptors (Lipinski definition) is 7. The highest BCUT2D eigenvalue weighted by atomic mass is 16.5. The van der Waals surface area contributed by atoms with Gasteiger partial charge >= 0.3 is 5.97 Å². The Balaban J connectivity index is 2.06. The molecule has 2 N–H and O–H groups in total. The first-order valence-corrected chi connectivity index (χ1v) is 10.5. The first-order valence-electron chi connectivity index (χ1n) is 10.5. The van der Waals surface area contributed by atoms with Crippen LogP contribution in [0.25, 0.3) is 0 Å². The summed E-state index contributed by atoms with van der Waals surface area (Å²) in [5, 5.41) is 5.11. The van der Waals surface area contributed by atoms with E-state index in [1.807, 2.05) is 0 Å². The van der Waals surface area contributed by atoms with Gasteiger partial charge in [-0.15, -0.1) is 0 Å². The Morgan fingerprint density at radius 3 is 2.71 bits per heavy atom. The molecule has 0 fully saturated rings. The number of hydrogen-bond donors (Lipinski definition) is 2. The molecule has 0 saturated heterocycles. The summed E-state index contributed by atoms with van der Waals surface area (Å²) in [6.45, 7) is 3.52. The summed E-state index contributed by atoms with van der Waals surface area (Å²) in [4.78, 5) is 49.2. The number of amides is 2. The lowest BCUT2D eigenvalue weighted by atomic mass is 10.0. The van der Waals surface area contributed by atoms with Crippen molar-refractivity contribution in [2.75, 3.05) is 33.0 Å². The Morgan fingerprint density at radius 2 is 1.90 bits per heavy atom. The SMILES string of the molecule is CCOC(=O)CCNC(=O)C(=O)[C@@H]1CCCCOCCOCc2ccccc2C(=O)N1. The van der Waals surface area contributed by atoms with E-state index in [0.717, 1.165) is 0 Å². The van der Waals surface area contributed by atoms with Gasteiger partial charge in [-0.2, -0.15) is 0 Å². The van der Waals surface area contributed by atoms with E-state index in [1.54, 1.807) is 31.2 Å². The van der Waals surface area contributed by atoms with E-state index >= 15 is 0 Å². The van der Waals surface area contributed by atoms with Crippen LogP contribution in [0, 0.1) is 0 Å². The lowest BCUT2D eigenvalue weighted by molar-refractivity contribution is -0.143. The van der Waals surface area contributed by atoms with Gasteiger partial charge in [-0.1, -0.05) is 18.2 Å². The summed E-state index contributed by atoms with van der Waals surface area (Å²) in [6, 6.07) is 5.97. The second kappa shape index (κ2) is 13.5. The third-order valence-corrected chi connectivity index (χ3v) is 4.69. The Kier molecular flexibility index (Phi) is 10.7. The molecule has 2 amide bonds. The fraction of sp³-hybridized carbons (Fsp3) is 0.545. The highest BCUT2D eigenvalue weighted by Gasteiger charge is 2.27. The van der Waals surface area contributed by atoms with E-state index in [0.29, 0.717) is 50.2 Å². The van der Waals surface area contributed by atoms with Gasteiger partial charge in [-0.25, -0.2) is 0 Å². The molecule has 0 aromatic heterocycles. The summed E-state index contributed by atoms with van der Waals surface area (Å²) in [6.07, 6.45) is 1.54. The number of ketones is 1. The van der Waals surface area contributed by atoms with Crippen LogP contribution in [0.1, 0.15) is 48.5 Å². The average Bonchev–Trinajstić information content (AvgIpc) is 2.76. The summed E-state index contributed by atoms with van der Waals surface area (Å²) in [5.41, 5.74) is 1.07. The topological polar surface area (TPSA) is 120 Å². The van der Waals surface area contributed by atoms with Gasteiger partial charge in [0.25, 0.3) is 11.8 Å². The fourth-order valence-electron chi connectivity index (χ4n) is 3.08. The molecule has 1 aliphatic rings. The predicted octanol–water partition coefficient (Wildman–Crippen LogP) is 1.14. The normalized spacial score (nSPS) is 18.1. The number of Topliss-reactive ketones (excluding diaryl/α,β-unsaturated/α-hetero) is 1. The maximum atomic E-state index is 12.9. The van der Waals surface area contributed by atoms with E-state index in [4.69, 9.17) is 14.2 Å². The highest BCUT2D eigenvalue weighted by molar-refractivity contribution is 6.38. The number of carbonyl (C=O) groups excluding carboxylic acids is 4. The zero-order chi connectivity index (χ0) is 22.5. The molecule has 0 bridgehead atoms. The molecule has 1 atom stereocenters. The highest BCUT2D eigenvalue weighted by Crippen LogP contribution is 2.12. The molecule has 0 spiro atoms. The first kappa shape index (κ1) is 24.5. The molecule has 1 aromatic carbocycles. The Hall–Kier alpha value is -2.78. The molecule has 0 saturated carbocycles. The number of nitrogens with one attached hydrogen (secondary N) is 2. The third-order valence-electron chi connectivity index (χ3n) is 4.69. The Bertz CT molecular complexity index is 766. The monoisotopic (exact) mass is 434 g/mol. The minimum Gasteiger partial charge on any atom is -0.466 e. The summed E-state index contributed by atoms with van der Waals surface area (Å²) in [5.74, 6) is -2.49. The van der Waals surface area contributed by atoms with Gasteiger partial charge in [0, 0.05) is 18.7 Å². The molecule has 1 aliphatic heterocycles. The van der Waals surface area contributed by atoms with Crippen molar-refractivity contribution in [3.63, 3.8) is 0 Å². The van der Waals surface area contributed by atoms with Crippen molar-refractivity contribution in [2.24, 2.45) is 0 Å². The van der Waals surface area contributed by atoms with Gasteiger partial charge in [-0.3, -0.25) is 19.2 Å². The first-order chi connectivity index (χ1) is 15.0. The molecule has 9 heteroatoms. The second-order valence-corrected chi connectivity index (χ2v) is 7.02. The van der Waals surface area contributed by atoms with Crippen molar-refractivity contribution in [1.82, 2.24) is 10.6 Å². The molecule has 9 nitrogen and oxygen atoms in total. The van der Waals surface area contributed by atoms with Gasteiger partial charge in [0.05, 0.1) is 38.9 Å². The number of carbonyl (C=O) groups is 4. The smallest absolute Gasteiger partial charge is 0.307 e. The molecule has 1 aromatic rings. The molecule has 2 rings (SSSR count). The lowest BCUT2D eigenvalue weighted by Crippen LogP contribution is -2.48. The maximum absolute atomic E-state index is 12.9. The molecule has 31 heavy (non-hydrogen) atoms. The van der Waals surface area contributed by atoms with Crippen molar-refractivity contribution < 1.29 is 33.4 Å². The number of fused-ring (bicyclic) bond motifs is 1. The predicted molar refractivity (Wildman–Crippen MR) is 111 cm³/mol. The van der Waals surface area contributed by atoms with Crippen molar-refractivity contribution in [3.8, 4) is 0 Å². The number of esters is 1. The zero-order valence-corrected chi connectivity index (χ0v) is 17.8. The van der Waals surface area contributed by atoms with Crippen molar-refractivity contribution in [2.45, 2.75) is 45.3 Å². The van der Waals surface area contributed by atoms with Crippen LogP contribution in [0.15, 0.2) is 24.3 Å². The molecule has 0 aliphatic carbocycles. The molecular formula is C22H30N2O7. The summed E-state index contributed by atoms with van der Waals surface area (Å²) in [7, 11) is 0. The number of rotatable bonds is 6. The minimum atomic E-state index is -0.980. The standard InChI is InChI=1S/C22H30N2O7/c1-2-31-19(25)10-11-23-22(28)20(26)18-9-5-6-12-29-13-14-30-15-16-7-3-4-8-17(16)21(27)24-18/h3-4,7-8,18H,2,5-6,9-15H2,1H3,(H,23,28)(H,24,27)/t18-/m0/s1. The Morgan fingerprint density at radius 1 is 1.13 bits per heavy atom.